The van der Waals surface area contributed by atoms with Crippen LogP contribution in [0.1, 0.15) is 22.3 Å². The molecular formula is C24H26N6O3S. The van der Waals surface area contributed by atoms with E-state index in [9.17, 15) is 14.4 Å². The molecule has 0 saturated carbocycles. The second-order valence-electron chi connectivity index (χ2n) is 7.86. The van der Waals surface area contributed by atoms with Gasteiger partial charge in [-0.05, 0) is 35.2 Å². The minimum atomic E-state index is -0.185. The van der Waals surface area contributed by atoms with Crippen molar-refractivity contribution in [3.8, 4) is 0 Å². The molecule has 0 radical (unpaired) electrons. The van der Waals surface area contributed by atoms with Gasteiger partial charge in [-0.1, -0.05) is 12.1 Å². The van der Waals surface area contributed by atoms with Crippen LogP contribution in [0.2, 0.25) is 0 Å². The largest absolute Gasteiger partial charge is 0.351 e. The van der Waals surface area contributed by atoms with Crippen molar-refractivity contribution >= 4 is 40.7 Å². The number of benzene rings is 1. The number of hydrogen-bond donors (Lipinski definition) is 2. The average Bonchev–Trinajstić information content (AvgIpc) is 3.41. The van der Waals surface area contributed by atoms with Crippen molar-refractivity contribution in [1.29, 1.82) is 0 Å². The van der Waals surface area contributed by atoms with Crippen LogP contribution in [0.4, 0.5) is 11.6 Å². The minimum Gasteiger partial charge on any atom is -0.351 e. The third-order valence-corrected chi connectivity index (χ3v) is 6.16. The molecule has 0 atom stereocenters. The summed E-state index contributed by atoms with van der Waals surface area (Å²) in [5, 5.41) is 9.14. The fraction of sp³-hybridized carbons (Fsp3) is 0.292. The number of nitrogens with one attached hydrogen (secondary N) is 2. The Morgan fingerprint density at radius 3 is 2.38 bits per heavy atom. The second kappa shape index (κ2) is 11.4. The van der Waals surface area contributed by atoms with E-state index in [4.69, 9.17) is 0 Å². The van der Waals surface area contributed by atoms with Gasteiger partial charge in [0.05, 0.1) is 6.42 Å². The van der Waals surface area contributed by atoms with Gasteiger partial charge in [0.15, 0.2) is 0 Å². The minimum absolute atomic E-state index is 0.0757. The molecule has 3 amide bonds. The van der Waals surface area contributed by atoms with Gasteiger partial charge in [0, 0.05) is 68.2 Å². The molecule has 3 aromatic rings. The zero-order valence-electron chi connectivity index (χ0n) is 18.6. The van der Waals surface area contributed by atoms with Gasteiger partial charge in [-0.3, -0.25) is 14.4 Å². The summed E-state index contributed by atoms with van der Waals surface area (Å²) in [5.41, 5.74) is 2.14. The maximum Gasteiger partial charge on any atom is 0.252 e. The number of carbonyl (C=O) groups is 3. The maximum absolute atomic E-state index is 12.7. The molecule has 176 valence electrons. The van der Waals surface area contributed by atoms with Crippen LogP contribution in [0.5, 0.6) is 0 Å². The second-order valence-corrected chi connectivity index (χ2v) is 8.64. The summed E-state index contributed by atoms with van der Waals surface area (Å²) in [7, 11) is 0. The number of anilines is 2. The average molecular weight is 479 g/mol. The molecule has 3 heterocycles. The van der Waals surface area contributed by atoms with Crippen LogP contribution in [0.25, 0.3) is 0 Å². The lowest BCUT2D eigenvalue weighted by molar-refractivity contribution is -0.130. The molecule has 1 aliphatic heterocycles. The zero-order chi connectivity index (χ0) is 23.8. The number of carbonyl (C=O) groups excluding carboxylic acids is 3. The number of rotatable bonds is 8. The van der Waals surface area contributed by atoms with Crippen molar-refractivity contribution in [1.82, 2.24) is 20.2 Å². The van der Waals surface area contributed by atoms with Gasteiger partial charge < -0.3 is 20.4 Å². The fourth-order valence-electron chi connectivity index (χ4n) is 3.61. The Morgan fingerprint density at radius 1 is 0.971 bits per heavy atom. The summed E-state index contributed by atoms with van der Waals surface area (Å²) < 4.78 is 0. The van der Waals surface area contributed by atoms with Crippen molar-refractivity contribution in [2.75, 3.05) is 42.9 Å². The van der Waals surface area contributed by atoms with Crippen LogP contribution >= 0.6 is 11.3 Å². The molecule has 4 rings (SSSR count). The number of hydrogen-bond acceptors (Lipinski definition) is 7. The van der Waals surface area contributed by atoms with Gasteiger partial charge in [-0.2, -0.15) is 11.3 Å². The number of amides is 3. The summed E-state index contributed by atoms with van der Waals surface area (Å²) in [6.07, 6.45) is 3.92. The smallest absolute Gasteiger partial charge is 0.252 e. The topological polar surface area (TPSA) is 108 Å². The van der Waals surface area contributed by atoms with E-state index in [1.54, 1.807) is 42.0 Å². The third kappa shape index (κ3) is 6.38. The summed E-state index contributed by atoms with van der Waals surface area (Å²) in [6.45, 7) is 2.93. The normalized spacial score (nSPS) is 13.4. The van der Waals surface area contributed by atoms with E-state index >= 15 is 0 Å². The molecule has 34 heavy (non-hydrogen) atoms. The molecule has 0 spiro atoms. The first-order chi connectivity index (χ1) is 16.6. The highest BCUT2D eigenvalue weighted by atomic mass is 32.1. The number of piperazine rings is 1. The standard InChI is InChI=1S/C24H26N6O3S/c31-21(6-10-25-23(33)19-7-15-34-17-19)28-20-4-2-18(3-5-20)16-22(32)29-11-13-30(14-12-29)24-26-8-1-9-27-24/h1-5,7-9,15,17H,6,10-14,16H2,(H,25,33)(H,28,31). The highest BCUT2D eigenvalue weighted by Crippen LogP contribution is 2.14. The summed E-state index contributed by atoms with van der Waals surface area (Å²) in [5.74, 6) is 0.399. The number of aromatic nitrogens is 2. The first-order valence-corrected chi connectivity index (χ1v) is 12.0. The Hall–Kier alpha value is -3.79. The Morgan fingerprint density at radius 2 is 1.71 bits per heavy atom. The zero-order valence-corrected chi connectivity index (χ0v) is 19.5. The summed E-state index contributed by atoms with van der Waals surface area (Å²) >= 11 is 1.45. The van der Waals surface area contributed by atoms with Crippen LogP contribution in [0, 0.1) is 0 Å². The van der Waals surface area contributed by atoms with Crippen LogP contribution in [-0.4, -0.2) is 65.3 Å². The van der Waals surface area contributed by atoms with E-state index in [0.29, 0.717) is 49.8 Å². The quantitative estimate of drug-likeness (QED) is 0.514. The SMILES string of the molecule is O=C(CCNC(=O)c1ccsc1)Nc1ccc(CC(=O)N2CCN(c3ncccn3)CC2)cc1. The molecule has 2 N–H and O–H groups in total. The van der Waals surface area contributed by atoms with Crippen molar-refractivity contribution in [2.45, 2.75) is 12.8 Å². The van der Waals surface area contributed by atoms with E-state index in [-0.39, 0.29) is 30.7 Å². The summed E-state index contributed by atoms with van der Waals surface area (Å²) in [6, 6.07) is 10.8. The van der Waals surface area contributed by atoms with E-state index in [0.717, 1.165) is 5.56 Å². The molecule has 10 heteroatoms. The lowest BCUT2D eigenvalue weighted by atomic mass is 10.1. The Labute approximate surface area is 201 Å². The number of thiophene rings is 1. The van der Waals surface area contributed by atoms with Crippen LogP contribution in [0.3, 0.4) is 0 Å². The maximum atomic E-state index is 12.7. The molecule has 2 aromatic heterocycles. The predicted octanol–water partition coefficient (Wildman–Crippen LogP) is 2.19. The van der Waals surface area contributed by atoms with Crippen molar-refractivity contribution in [3.05, 3.63) is 70.7 Å². The molecule has 1 aromatic carbocycles. The molecule has 0 unspecified atom stereocenters. The third-order valence-electron chi connectivity index (χ3n) is 5.48. The molecule has 1 saturated heterocycles. The number of nitrogens with zero attached hydrogens (tertiary/aromatic N) is 4. The van der Waals surface area contributed by atoms with Gasteiger partial charge in [0.2, 0.25) is 17.8 Å². The van der Waals surface area contributed by atoms with Crippen molar-refractivity contribution < 1.29 is 14.4 Å². The van der Waals surface area contributed by atoms with Gasteiger partial charge in [-0.15, -0.1) is 0 Å². The van der Waals surface area contributed by atoms with E-state index in [1.807, 2.05) is 22.4 Å². The lowest BCUT2D eigenvalue weighted by Gasteiger charge is -2.34. The highest BCUT2D eigenvalue weighted by molar-refractivity contribution is 7.08. The van der Waals surface area contributed by atoms with E-state index in [2.05, 4.69) is 25.5 Å². The predicted molar refractivity (Wildman–Crippen MR) is 131 cm³/mol. The van der Waals surface area contributed by atoms with Gasteiger partial charge in [0.1, 0.15) is 0 Å². The molecule has 9 nitrogen and oxygen atoms in total. The fourth-order valence-corrected chi connectivity index (χ4v) is 4.25. The molecular weight excluding hydrogens is 452 g/mol. The van der Waals surface area contributed by atoms with Gasteiger partial charge >= 0.3 is 0 Å². The molecule has 0 aliphatic carbocycles. The molecule has 0 bridgehead atoms. The van der Waals surface area contributed by atoms with E-state index in [1.165, 1.54) is 11.3 Å². The first kappa shape index (κ1) is 23.4. The van der Waals surface area contributed by atoms with Crippen LogP contribution in [-0.2, 0) is 16.0 Å². The molecule has 1 aliphatic rings. The monoisotopic (exact) mass is 478 g/mol. The first-order valence-electron chi connectivity index (χ1n) is 11.1. The van der Waals surface area contributed by atoms with Gasteiger partial charge in [-0.25, -0.2) is 9.97 Å². The lowest BCUT2D eigenvalue weighted by Crippen LogP contribution is -2.49. The van der Waals surface area contributed by atoms with Crippen molar-refractivity contribution in [3.63, 3.8) is 0 Å². The Kier molecular flexibility index (Phi) is 7.82. The van der Waals surface area contributed by atoms with Crippen LogP contribution in [0.15, 0.2) is 59.6 Å². The van der Waals surface area contributed by atoms with Gasteiger partial charge in [0.25, 0.3) is 5.91 Å². The van der Waals surface area contributed by atoms with Crippen LogP contribution < -0.4 is 15.5 Å². The Bertz CT molecular complexity index is 1100. The van der Waals surface area contributed by atoms with Crippen molar-refractivity contribution in [2.24, 2.45) is 0 Å². The van der Waals surface area contributed by atoms with E-state index < -0.39 is 0 Å². The summed E-state index contributed by atoms with van der Waals surface area (Å²) in [4.78, 5) is 49.2. The highest BCUT2D eigenvalue weighted by Gasteiger charge is 2.22. The Balaban J connectivity index is 1.18. The molecule has 1 fully saturated rings.